The first kappa shape index (κ1) is 16.0. The highest BCUT2D eigenvalue weighted by molar-refractivity contribution is 5.61. The third-order valence-corrected chi connectivity index (χ3v) is 4.07. The molecule has 0 aliphatic heterocycles. The van der Waals surface area contributed by atoms with Gasteiger partial charge >= 0.3 is 0 Å². The Balaban J connectivity index is 2.19. The van der Waals surface area contributed by atoms with E-state index < -0.39 is 0 Å². The van der Waals surface area contributed by atoms with Crippen molar-refractivity contribution in [1.29, 1.82) is 0 Å². The van der Waals surface area contributed by atoms with Crippen LogP contribution in [0.15, 0.2) is 18.2 Å². The zero-order valence-corrected chi connectivity index (χ0v) is 13.1. The molecule has 1 aliphatic rings. The van der Waals surface area contributed by atoms with Gasteiger partial charge in [-0.15, -0.1) is 0 Å². The van der Waals surface area contributed by atoms with Gasteiger partial charge in [-0.2, -0.15) is 0 Å². The van der Waals surface area contributed by atoms with Gasteiger partial charge < -0.3 is 20.5 Å². The topological polar surface area (TPSA) is 58.7 Å². The highest BCUT2D eigenvalue weighted by atomic mass is 16.5. The largest absolute Gasteiger partial charge is 0.493 e. The number of anilines is 2. The number of nitrogen functional groups attached to an aromatic ring is 1. The highest BCUT2D eigenvalue weighted by Gasteiger charge is 2.21. The van der Waals surface area contributed by atoms with Crippen molar-refractivity contribution < 1.29 is 9.84 Å². The Labute approximate surface area is 127 Å². The maximum absolute atomic E-state index is 9.40. The maximum atomic E-state index is 9.40. The standard InChI is InChI=1S/C17H28N2O2/c1-2-10-21-17-12-14(18)11-16(13-17)19(8-9-20)15-6-4-3-5-7-15/h11-13,15,20H,2-10,18H2,1H3. The molecule has 0 saturated heterocycles. The molecule has 1 aromatic rings. The van der Waals surface area contributed by atoms with Gasteiger partial charge in [-0.3, -0.25) is 0 Å². The van der Waals surface area contributed by atoms with E-state index in [9.17, 15) is 5.11 Å². The molecular weight excluding hydrogens is 264 g/mol. The molecule has 0 amide bonds. The molecule has 0 aromatic heterocycles. The lowest BCUT2D eigenvalue weighted by molar-refractivity contribution is 0.289. The van der Waals surface area contributed by atoms with E-state index in [4.69, 9.17) is 10.5 Å². The molecule has 0 radical (unpaired) electrons. The van der Waals surface area contributed by atoms with E-state index in [1.807, 2.05) is 12.1 Å². The molecule has 3 N–H and O–H groups in total. The Morgan fingerprint density at radius 3 is 2.67 bits per heavy atom. The van der Waals surface area contributed by atoms with Gasteiger partial charge in [-0.05, 0) is 25.3 Å². The fourth-order valence-corrected chi connectivity index (χ4v) is 3.10. The Kier molecular flexibility index (Phi) is 6.18. The van der Waals surface area contributed by atoms with Gasteiger partial charge in [0.05, 0.1) is 13.2 Å². The average molecular weight is 292 g/mol. The summed E-state index contributed by atoms with van der Waals surface area (Å²) < 4.78 is 5.72. The summed E-state index contributed by atoms with van der Waals surface area (Å²) >= 11 is 0. The van der Waals surface area contributed by atoms with Crippen LogP contribution in [0.25, 0.3) is 0 Å². The third-order valence-electron chi connectivity index (χ3n) is 4.07. The van der Waals surface area contributed by atoms with Gasteiger partial charge in [0, 0.05) is 36.1 Å². The summed E-state index contributed by atoms with van der Waals surface area (Å²) in [6, 6.07) is 6.42. The van der Waals surface area contributed by atoms with Crippen LogP contribution in [0.3, 0.4) is 0 Å². The minimum Gasteiger partial charge on any atom is -0.493 e. The van der Waals surface area contributed by atoms with E-state index in [0.29, 0.717) is 19.2 Å². The lowest BCUT2D eigenvalue weighted by atomic mass is 9.93. The second-order valence-electron chi connectivity index (χ2n) is 5.82. The molecule has 4 nitrogen and oxygen atoms in total. The van der Waals surface area contributed by atoms with Crippen LogP contribution >= 0.6 is 0 Å². The summed E-state index contributed by atoms with van der Waals surface area (Å²) in [4.78, 5) is 2.30. The molecule has 1 fully saturated rings. The monoisotopic (exact) mass is 292 g/mol. The van der Waals surface area contributed by atoms with Gasteiger partial charge in [-0.25, -0.2) is 0 Å². The number of benzene rings is 1. The fourth-order valence-electron chi connectivity index (χ4n) is 3.10. The van der Waals surface area contributed by atoms with E-state index in [1.54, 1.807) is 0 Å². The molecule has 0 atom stereocenters. The lowest BCUT2D eigenvalue weighted by Crippen LogP contribution is -2.38. The van der Waals surface area contributed by atoms with Crippen LogP contribution in [0.4, 0.5) is 11.4 Å². The van der Waals surface area contributed by atoms with Crippen molar-refractivity contribution in [3.63, 3.8) is 0 Å². The zero-order valence-electron chi connectivity index (χ0n) is 13.1. The third kappa shape index (κ3) is 4.53. The molecule has 4 heteroatoms. The smallest absolute Gasteiger partial charge is 0.123 e. The van der Waals surface area contributed by atoms with Crippen molar-refractivity contribution in [2.75, 3.05) is 30.4 Å². The summed E-state index contributed by atoms with van der Waals surface area (Å²) in [7, 11) is 0. The molecule has 2 rings (SSSR count). The quantitative estimate of drug-likeness (QED) is 0.758. The number of nitrogens with two attached hydrogens (primary N) is 1. The van der Waals surface area contributed by atoms with Gasteiger partial charge in [-0.1, -0.05) is 26.2 Å². The van der Waals surface area contributed by atoms with Crippen molar-refractivity contribution in [2.24, 2.45) is 0 Å². The van der Waals surface area contributed by atoms with E-state index in [2.05, 4.69) is 17.9 Å². The lowest BCUT2D eigenvalue weighted by Gasteiger charge is -2.36. The van der Waals surface area contributed by atoms with E-state index in [1.165, 1.54) is 32.1 Å². The van der Waals surface area contributed by atoms with Gasteiger partial charge in [0.2, 0.25) is 0 Å². The van der Waals surface area contributed by atoms with Gasteiger partial charge in [0.15, 0.2) is 0 Å². The van der Waals surface area contributed by atoms with E-state index in [-0.39, 0.29) is 6.61 Å². The first-order chi connectivity index (χ1) is 10.2. The molecule has 21 heavy (non-hydrogen) atoms. The number of aliphatic hydroxyl groups excluding tert-OH is 1. The Hall–Kier alpha value is -1.42. The summed E-state index contributed by atoms with van der Waals surface area (Å²) in [6.07, 6.45) is 7.24. The van der Waals surface area contributed by atoms with Gasteiger partial charge in [0.25, 0.3) is 0 Å². The zero-order chi connectivity index (χ0) is 15.1. The van der Waals surface area contributed by atoms with Crippen LogP contribution in [-0.4, -0.2) is 30.9 Å². The van der Waals surface area contributed by atoms with Gasteiger partial charge in [0.1, 0.15) is 5.75 Å². The molecule has 118 valence electrons. The SMILES string of the molecule is CCCOc1cc(N)cc(N(CCO)C2CCCCC2)c1. The van der Waals surface area contributed by atoms with Crippen molar-refractivity contribution in [3.8, 4) is 5.75 Å². The van der Waals surface area contributed by atoms with Crippen LogP contribution in [0.2, 0.25) is 0 Å². The number of hydrogen-bond donors (Lipinski definition) is 2. The Morgan fingerprint density at radius 2 is 2.00 bits per heavy atom. The van der Waals surface area contributed by atoms with Crippen LogP contribution in [-0.2, 0) is 0 Å². The molecule has 0 heterocycles. The van der Waals surface area contributed by atoms with Crippen molar-refractivity contribution >= 4 is 11.4 Å². The summed E-state index contributed by atoms with van der Waals surface area (Å²) in [5, 5.41) is 9.40. The minimum atomic E-state index is 0.163. The minimum absolute atomic E-state index is 0.163. The second-order valence-corrected chi connectivity index (χ2v) is 5.82. The maximum Gasteiger partial charge on any atom is 0.123 e. The Morgan fingerprint density at radius 1 is 1.24 bits per heavy atom. The number of nitrogens with zero attached hydrogens (tertiary/aromatic N) is 1. The predicted octanol–water partition coefficient (Wildman–Crippen LogP) is 3.19. The first-order valence-electron chi connectivity index (χ1n) is 8.15. The normalized spacial score (nSPS) is 15.9. The average Bonchev–Trinajstić information content (AvgIpc) is 2.51. The number of rotatable bonds is 7. The number of ether oxygens (including phenoxy) is 1. The molecule has 0 spiro atoms. The summed E-state index contributed by atoms with van der Waals surface area (Å²) in [5.74, 6) is 0.825. The summed E-state index contributed by atoms with van der Waals surface area (Å²) in [6.45, 7) is 3.61. The fraction of sp³-hybridized carbons (Fsp3) is 0.647. The van der Waals surface area contributed by atoms with Crippen molar-refractivity contribution in [3.05, 3.63) is 18.2 Å². The predicted molar refractivity (Wildman–Crippen MR) is 87.9 cm³/mol. The van der Waals surface area contributed by atoms with Crippen LogP contribution in [0.1, 0.15) is 45.4 Å². The molecular formula is C17H28N2O2. The van der Waals surface area contributed by atoms with E-state index >= 15 is 0 Å². The molecule has 1 aliphatic carbocycles. The van der Waals surface area contributed by atoms with Crippen molar-refractivity contribution in [1.82, 2.24) is 0 Å². The highest BCUT2D eigenvalue weighted by Crippen LogP contribution is 2.31. The second kappa shape index (κ2) is 8.13. The molecule has 0 unspecified atom stereocenters. The van der Waals surface area contributed by atoms with Crippen LogP contribution in [0.5, 0.6) is 5.75 Å². The van der Waals surface area contributed by atoms with E-state index in [0.717, 1.165) is 23.5 Å². The van der Waals surface area contributed by atoms with Crippen molar-refractivity contribution in [2.45, 2.75) is 51.5 Å². The number of aliphatic hydroxyl groups is 1. The molecule has 1 aromatic carbocycles. The number of hydrogen-bond acceptors (Lipinski definition) is 4. The molecule has 1 saturated carbocycles. The van der Waals surface area contributed by atoms with Crippen LogP contribution < -0.4 is 15.4 Å². The molecule has 0 bridgehead atoms. The van der Waals surface area contributed by atoms with Crippen LogP contribution in [0, 0.1) is 0 Å². The summed E-state index contributed by atoms with van der Waals surface area (Å²) in [5.41, 5.74) is 7.82. The Bertz CT molecular complexity index is 431. The first-order valence-corrected chi connectivity index (χ1v) is 8.15.